The summed E-state index contributed by atoms with van der Waals surface area (Å²) in [7, 11) is -2.12. The highest BCUT2D eigenvalue weighted by atomic mass is 32.2. The minimum absolute atomic E-state index is 0.0263. The summed E-state index contributed by atoms with van der Waals surface area (Å²) in [6, 6.07) is 18.0. The minimum atomic E-state index is -3.63. The number of rotatable bonds is 10. The van der Waals surface area contributed by atoms with Crippen molar-refractivity contribution < 1.29 is 12.8 Å². The van der Waals surface area contributed by atoms with Gasteiger partial charge in [-0.05, 0) is 55.3 Å². The lowest BCUT2D eigenvalue weighted by Gasteiger charge is -2.33. The summed E-state index contributed by atoms with van der Waals surface area (Å²) in [6.07, 6.45) is 3.67. The van der Waals surface area contributed by atoms with Crippen molar-refractivity contribution in [3.63, 3.8) is 0 Å². The average molecular weight is 552 g/mol. The summed E-state index contributed by atoms with van der Waals surface area (Å²) in [5.41, 5.74) is 4.19. The van der Waals surface area contributed by atoms with E-state index < -0.39 is 16.7 Å². The molecule has 1 saturated heterocycles. The Balaban J connectivity index is 1.34. The second-order valence-corrected chi connectivity index (χ2v) is 12.0. The molecule has 206 valence electrons. The third-order valence-electron chi connectivity index (χ3n) is 6.98. The number of alkyl halides is 1. The van der Waals surface area contributed by atoms with Crippen molar-refractivity contribution in [1.29, 1.82) is 0 Å². The smallest absolute Gasteiger partial charge is 0.234 e. The number of hydrogen-bond donors (Lipinski definition) is 2. The van der Waals surface area contributed by atoms with E-state index >= 15 is 0 Å². The van der Waals surface area contributed by atoms with Crippen LogP contribution in [0.2, 0.25) is 0 Å². The Morgan fingerprint density at radius 3 is 2.72 bits per heavy atom. The number of halogens is 1. The number of fused-ring (bicyclic) bond motifs is 1. The van der Waals surface area contributed by atoms with Crippen LogP contribution in [0.1, 0.15) is 18.9 Å². The molecule has 0 amide bonds. The Kier molecular flexibility index (Phi) is 7.99. The predicted molar refractivity (Wildman–Crippen MR) is 155 cm³/mol. The van der Waals surface area contributed by atoms with Crippen LogP contribution in [0.4, 0.5) is 27.4 Å². The average Bonchev–Trinajstić information content (AvgIpc) is 3.34. The van der Waals surface area contributed by atoms with E-state index in [0.29, 0.717) is 24.2 Å². The van der Waals surface area contributed by atoms with Crippen LogP contribution in [0, 0.1) is 0 Å². The summed E-state index contributed by atoms with van der Waals surface area (Å²) in [4.78, 5) is 11.6. The van der Waals surface area contributed by atoms with Gasteiger partial charge >= 0.3 is 0 Å². The van der Waals surface area contributed by atoms with Crippen molar-refractivity contribution >= 4 is 44.1 Å². The highest BCUT2D eigenvalue weighted by Gasteiger charge is 2.21. The van der Waals surface area contributed by atoms with Crippen LogP contribution >= 0.6 is 0 Å². The first kappa shape index (κ1) is 26.9. The maximum absolute atomic E-state index is 12.7. The van der Waals surface area contributed by atoms with Gasteiger partial charge in [0.25, 0.3) is 0 Å². The van der Waals surface area contributed by atoms with Crippen molar-refractivity contribution in [2.75, 3.05) is 53.6 Å². The van der Waals surface area contributed by atoms with E-state index in [-0.39, 0.29) is 12.2 Å². The fraction of sp³-hybridized carbons (Fsp3) is 0.357. The van der Waals surface area contributed by atoms with Gasteiger partial charge in [-0.2, -0.15) is 4.98 Å². The number of anilines is 4. The number of hydrogen-bond acceptors (Lipinski definition) is 7. The van der Waals surface area contributed by atoms with Gasteiger partial charge in [0.15, 0.2) is 0 Å². The normalized spacial score (nSPS) is 16.0. The van der Waals surface area contributed by atoms with Gasteiger partial charge in [-0.1, -0.05) is 18.2 Å². The summed E-state index contributed by atoms with van der Waals surface area (Å²) in [6.45, 7) is 4.88. The molecule has 0 radical (unpaired) electrons. The number of aromatic nitrogens is 3. The standard InChI is InChI=1S/C28H34FN7O2S/c1-21-19-35(16-14-30-21)25-10-8-24(9-11-25)32-28-31-18-22-12-15-36(27(22)33-28)20-23-6-3-4-7-26(23)34(2)39(37,38)17-5-13-29/h3-4,6-12,15,18,21,30H,5,13-14,16-17,19-20H2,1-2H3,(H,31,32,33)/t21-/m0/s1. The van der Waals surface area contributed by atoms with Crippen LogP contribution in [-0.2, 0) is 16.6 Å². The Labute approximate surface area is 228 Å². The van der Waals surface area contributed by atoms with Gasteiger partial charge in [-0.15, -0.1) is 0 Å². The van der Waals surface area contributed by atoms with Gasteiger partial charge in [0.2, 0.25) is 16.0 Å². The molecule has 4 aromatic rings. The zero-order chi connectivity index (χ0) is 27.4. The SMILES string of the molecule is C[C@H]1CN(c2ccc(Nc3ncc4ccn(Cc5ccccc5N(C)S(=O)(=O)CCCF)c4n3)cc2)CCN1. The summed E-state index contributed by atoms with van der Waals surface area (Å²) < 4.78 is 41.3. The second kappa shape index (κ2) is 11.6. The summed E-state index contributed by atoms with van der Waals surface area (Å²) in [5, 5.41) is 7.65. The first-order chi connectivity index (χ1) is 18.8. The Bertz CT molecular complexity index is 1520. The van der Waals surface area contributed by atoms with Crippen molar-refractivity contribution in [3.05, 3.63) is 72.6 Å². The molecule has 9 nitrogen and oxygen atoms in total. The molecular formula is C28H34FN7O2S. The molecule has 0 aliphatic carbocycles. The van der Waals surface area contributed by atoms with Crippen LogP contribution in [0.5, 0.6) is 0 Å². The van der Waals surface area contributed by atoms with Gasteiger partial charge in [0.1, 0.15) is 5.65 Å². The van der Waals surface area contributed by atoms with Crippen molar-refractivity contribution in [3.8, 4) is 0 Å². The number of nitrogens with zero attached hydrogens (tertiary/aromatic N) is 5. The van der Waals surface area contributed by atoms with E-state index in [4.69, 9.17) is 4.98 Å². The maximum Gasteiger partial charge on any atom is 0.234 e. The minimum Gasteiger partial charge on any atom is -0.369 e. The van der Waals surface area contributed by atoms with Crippen molar-refractivity contribution in [1.82, 2.24) is 19.9 Å². The topological polar surface area (TPSA) is 95.4 Å². The third kappa shape index (κ3) is 6.15. The van der Waals surface area contributed by atoms with Gasteiger partial charge < -0.3 is 20.1 Å². The Hall–Kier alpha value is -3.70. The molecule has 5 rings (SSSR count). The molecule has 1 aliphatic rings. The Morgan fingerprint density at radius 1 is 1.15 bits per heavy atom. The molecule has 11 heteroatoms. The van der Waals surface area contributed by atoms with Crippen molar-refractivity contribution in [2.24, 2.45) is 0 Å². The second-order valence-electron chi connectivity index (χ2n) is 9.84. The van der Waals surface area contributed by atoms with E-state index in [0.717, 1.165) is 41.9 Å². The number of benzene rings is 2. The molecule has 0 saturated carbocycles. The van der Waals surface area contributed by atoms with Crippen LogP contribution in [0.15, 0.2) is 67.0 Å². The van der Waals surface area contributed by atoms with Crippen LogP contribution in [-0.4, -0.2) is 68.1 Å². The van der Waals surface area contributed by atoms with E-state index in [9.17, 15) is 12.8 Å². The van der Waals surface area contributed by atoms with Gasteiger partial charge in [0, 0.05) is 61.9 Å². The zero-order valence-electron chi connectivity index (χ0n) is 22.2. The molecule has 1 fully saturated rings. The van der Waals surface area contributed by atoms with Gasteiger partial charge in [0.05, 0.1) is 24.7 Å². The van der Waals surface area contributed by atoms with E-state index in [1.165, 1.54) is 17.0 Å². The zero-order valence-corrected chi connectivity index (χ0v) is 23.0. The molecule has 0 unspecified atom stereocenters. The Morgan fingerprint density at radius 2 is 1.95 bits per heavy atom. The number of piperazine rings is 1. The molecule has 2 aromatic heterocycles. The fourth-order valence-corrected chi connectivity index (χ4v) is 6.09. The van der Waals surface area contributed by atoms with Gasteiger partial charge in [-0.3, -0.25) is 8.70 Å². The fourth-order valence-electron chi connectivity index (χ4n) is 4.87. The molecule has 1 atom stereocenters. The summed E-state index contributed by atoms with van der Waals surface area (Å²) in [5.74, 6) is 0.239. The maximum atomic E-state index is 12.7. The lowest BCUT2D eigenvalue weighted by molar-refractivity contribution is 0.484. The van der Waals surface area contributed by atoms with Crippen LogP contribution in [0.25, 0.3) is 11.0 Å². The quantitative estimate of drug-likeness (QED) is 0.306. The predicted octanol–water partition coefficient (Wildman–Crippen LogP) is 4.15. The third-order valence-corrected chi connectivity index (χ3v) is 8.82. The number of nitrogens with one attached hydrogen (secondary N) is 2. The summed E-state index contributed by atoms with van der Waals surface area (Å²) >= 11 is 0. The van der Waals surface area contributed by atoms with E-state index in [2.05, 4.69) is 39.6 Å². The number of para-hydroxylation sites is 1. The monoisotopic (exact) mass is 551 g/mol. The molecule has 2 aromatic carbocycles. The van der Waals surface area contributed by atoms with Gasteiger partial charge in [-0.25, -0.2) is 13.4 Å². The molecule has 2 N–H and O–H groups in total. The molecular weight excluding hydrogens is 517 g/mol. The molecule has 0 bridgehead atoms. The highest BCUT2D eigenvalue weighted by Crippen LogP contribution is 2.26. The van der Waals surface area contributed by atoms with E-state index in [1.54, 1.807) is 18.3 Å². The largest absolute Gasteiger partial charge is 0.369 e. The molecule has 39 heavy (non-hydrogen) atoms. The highest BCUT2D eigenvalue weighted by molar-refractivity contribution is 7.92. The molecule has 1 aliphatic heterocycles. The van der Waals surface area contributed by atoms with Crippen molar-refractivity contribution in [2.45, 2.75) is 25.9 Å². The lowest BCUT2D eigenvalue weighted by Crippen LogP contribution is -2.49. The molecule has 3 heterocycles. The lowest BCUT2D eigenvalue weighted by atomic mass is 10.2. The van der Waals surface area contributed by atoms with E-state index in [1.807, 2.05) is 41.1 Å². The first-order valence-corrected chi connectivity index (χ1v) is 14.7. The van der Waals surface area contributed by atoms with Crippen LogP contribution in [0.3, 0.4) is 0 Å². The first-order valence-electron chi connectivity index (χ1n) is 13.1. The molecule has 0 spiro atoms. The van der Waals surface area contributed by atoms with Crippen LogP contribution < -0.4 is 19.8 Å². The number of sulfonamides is 1.